The SMILES string of the molecule is C=CCn1c(S[C@@H](C)C(=O)N2CCc3ccccc32)nc2scc(C3CC3)c2c1=O. The molecule has 1 atom stereocenters. The van der Waals surface area contributed by atoms with E-state index in [0.29, 0.717) is 24.2 Å². The zero-order valence-electron chi connectivity index (χ0n) is 16.8. The first-order valence-electron chi connectivity index (χ1n) is 10.3. The minimum atomic E-state index is -0.348. The topological polar surface area (TPSA) is 55.2 Å². The maximum atomic E-state index is 13.3. The first-order valence-corrected chi connectivity index (χ1v) is 12.0. The van der Waals surface area contributed by atoms with E-state index in [9.17, 15) is 9.59 Å². The first-order chi connectivity index (χ1) is 14.6. The maximum Gasteiger partial charge on any atom is 0.263 e. The van der Waals surface area contributed by atoms with Gasteiger partial charge in [-0.1, -0.05) is 36.0 Å². The third-order valence-corrected chi connectivity index (χ3v) is 7.77. The van der Waals surface area contributed by atoms with E-state index in [0.717, 1.165) is 40.7 Å². The number of fused-ring (bicyclic) bond motifs is 2. The Labute approximate surface area is 183 Å². The quantitative estimate of drug-likeness (QED) is 0.322. The zero-order chi connectivity index (χ0) is 20.8. The fraction of sp³-hybridized carbons (Fsp3) is 0.348. The molecule has 1 aliphatic carbocycles. The molecule has 0 unspecified atom stereocenters. The molecule has 7 heteroatoms. The monoisotopic (exact) mass is 437 g/mol. The molecule has 1 saturated carbocycles. The molecule has 1 aromatic carbocycles. The van der Waals surface area contributed by atoms with E-state index in [4.69, 9.17) is 4.98 Å². The van der Waals surface area contributed by atoms with Gasteiger partial charge >= 0.3 is 0 Å². The van der Waals surface area contributed by atoms with Crippen LogP contribution < -0.4 is 10.5 Å². The highest BCUT2D eigenvalue weighted by Crippen LogP contribution is 2.44. The van der Waals surface area contributed by atoms with E-state index in [-0.39, 0.29) is 16.7 Å². The summed E-state index contributed by atoms with van der Waals surface area (Å²) in [5, 5.41) is 3.07. The molecule has 1 fully saturated rings. The van der Waals surface area contributed by atoms with Crippen molar-refractivity contribution in [3.8, 4) is 0 Å². The number of carbonyl (C=O) groups is 1. The largest absolute Gasteiger partial charge is 0.311 e. The molecule has 3 aromatic rings. The minimum absolute atomic E-state index is 0.0169. The molecule has 0 N–H and O–H groups in total. The van der Waals surface area contributed by atoms with Crippen molar-refractivity contribution >= 4 is 44.9 Å². The van der Waals surface area contributed by atoms with Crippen molar-refractivity contribution in [2.45, 2.75) is 49.1 Å². The number of benzene rings is 1. The van der Waals surface area contributed by atoms with Gasteiger partial charge in [0.1, 0.15) is 4.83 Å². The second-order valence-corrected chi connectivity index (χ2v) is 10.0. The molecule has 2 aromatic heterocycles. The summed E-state index contributed by atoms with van der Waals surface area (Å²) in [5.74, 6) is 0.550. The van der Waals surface area contributed by atoms with Crippen LogP contribution in [0.2, 0.25) is 0 Å². The normalized spacial score (nSPS) is 16.6. The van der Waals surface area contributed by atoms with E-state index in [1.54, 1.807) is 10.6 Å². The van der Waals surface area contributed by atoms with Crippen LogP contribution in [0.3, 0.4) is 0 Å². The van der Waals surface area contributed by atoms with Gasteiger partial charge in [0.15, 0.2) is 5.16 Å². The van der Waals surface area contributed by atoms with Gasteiger partial charge in [-0.3, -0.25) is 14.2 Å². The van der Waals surface area contributed by atoms with Crippen molar-refractivity contribution < 1.29 is 4.79 Å². The molecule has 0 saturated heterocycles. The van der Waals surface area contributed by atoms with Crippen LogP contribution in [0.15, 0.2) is 52.3 Å². The fourth-order valence-electron chi connectivity index (χ4n) is 4.10. The Hall–Kier alpha value is -2.38. The van der Waals surface area contributed by atoms with Gasteiger partial charge in [0, 0.05) is 18.8 Å². The van der Waals surface area contributed by atoms with Gasteiger partial charge < -0.3 is 4.90 Å². The van der Waals surface area contributed by atoms with E-state index >= 15 is 0 Å². The summed E-state index contributed by atoms with van der Waals surface area (Å²) in [7, 11) is 0. The highest BCUT2D eigenvalue weighted by molar-refractivity contribution is 8.00. The van der Waals surface area contributed by atoms with Crippen LogP contribution >= 0.6 is 23.1 Å². The summed E-state index contributed by atoms with van der Waals surface area (Å²) in [6.07, 6.45) is 4.88. The predicted octanol–water partition coefficient (Wildman–Crippen LogP) is 4.59. The molecule has 2 aliphatic rings. The third kappa shape index (κ3) is 3.30. The van der Waals surface area contributed by atoms with E-state index in [1.165, 1.54) is 28.7 Å². The Morgan fingerprint density at radius 2 is 2.20 bits per heavy atom. The molecule has 1 aliphatic heterocycles. The lowest BCUT2D eigenvalue weighted by Gasteiger charge is -2.22. The van der Waals surface area contributed by atoms with Gasteiger partial charge in [0.2, 0.25) is 5.91 Å². The molecule has 1 amide bonds. The van der Waals surface area contributed by atoms with E-state index in [2.05, 4.69) is 18.0 Å². The summed E-state index contributed by atoms with van der Waals surface area (Å²) < 4.78 is 1.67. The van der Waals surface area contributed by atoms with Crippen molar-refractivity contribution in [2.75, 3.05) is 11.4 Å². The number of amides is 1. The Morgan fingerprint density at radius 3 is 2.97 bits per heavy atom. The van der Waals surface area contributed by atoms with Crippen LogP contribution in [0.25, 0.3) is 10.2 Å². The second-order valence-electron chi connectivity index (χ2n) is 7.87. The number of hydrogen-bond acceptors (Lipinski definition) is 5. The molecule has 5 nitrogen and oxygen atoms in total. The Bertz CT molecular complexity index is 1210. The first kappa shape index (κ1) is 19.6. The zero-order valence-corrected chi connectivity index (χ0v) is 18.5. The van der Waals surface area contributed by atoms with Crippen molar-refractivity contribution in [3.05, 3.63) is 63.8 Å². The molecule has 0 spiro atoms. The van der Waals surface area contributed by atoms with Crippen LogP contribution in [0.5, 0.6) is 0 Å². The Morgan fingerprint density at radius 1 is 1.40 bits per heavy atom. The summed E-state index contributed by atoms with van der Waals surface area (Å²) in [4.78, 5) is 33.9. The Kier molecular flexibility index (Phi) is 5.03. The summed E-state index contributed by atoms with van der Waals surface area (Å²) in [5.41, 5.74) is 3.32. The summed E-state index contributed by atoms with van der Waals surface area (Å²) in [6.45, 7) is 6.79. The van der Waals surface area contributed by atoms with Crippen molar-refractivity contribution in [1.29, 1.82) is 0 Å². The number of thiophene rings is 1. The lowest BCUT2D eigenvalue weighted by molar-refractivity contribution is -0.117. The molecule has 154 valence electrons. The molecule has 3 heterocycles. The van der Waals surface area contributed by atoms with Crippen molar-refractivity contribution in [1.82, 2.24) is 9.55 Å². The van der Waals surface area contributed by atoms with Crippen molar-refractivity contribution in [2.24, 2.45) is 0 Å². The highest BCUT2D eigenvalue weighted by Gasteiger charge is 2.31. The van der Waals surface area contributed by atoms with Crippen LogP contribution in [-0.4, -0.2) is 27.3 Å². The van der Waals surface area contributed by atoms with Crippen LogP contribution in [-0.2, 0) is 17.8 Å². The van der Waals surface area contributed by atoms with E-state index in [1.807, 2.05) is 30.0 Å². The number of nitrogens with zero attached hydrogens (tertiary/aromatic N) is 3. The highest BCUT2D eigenvalue weighted by atomic mass is 32.2. The molecule has 30 heavy (non-hydrogen) atoms. The van der Waals surface area contributed by atoms with Crippen LogP contribution in [0, 0.1) is 0 Å². The molecular weight excluding hydrogens is 414 g/mol. The summed E-state index contributed by atoms with van der Waals surface area (Å²) in [6, 6.07) is 8.05. The van der Waals surface area contributed by atoms with Crippen molar-refractivity contribution in [3.63, 3.8) is 0 Å². The third-order valence-electron chi connectivity index (χ3n) is 5.80. The average Bonchev–Trinajstić information content (AvgIpc) is 3.36. The standard InChI is InChI=1S/C23H23N3O2S2/c1-3-11-26-22(28)19-17(15-8-9-15)13-29-20(19)24-23(26)30-14(2)21(27)25-12-10-16-6-4-5-7-18(16)25/h3-7,13-15H,1,8-12H2,2H3/t14-/m0/s1. The van der Waals surface area contributed by atoms with E-state index < -0.39 is 0 Å². The number of thioether (sulfide) groups is 1. The lowest BCUT2D eigenvalue weighted by atomic mass is 10.1. The smallest absolute Gasteiger partial charge is 0.263 e. The molecular formula is C23H23N3O2S2. The van der Waals surface area contributed by atoms with Gasteiger partial charge in [0.25, 0.3) is 5.56 Å². The lowest BCUT2D eigenvalue weighted by Crippen LogP contribution is -2.35. The number of para-hydroxylation sites is 1. The van der Waals surface area contributed by atoms with Crippen LogP contribution in [0.4, 0.5) is 5.69 Å². The van der Waals surface area contributed by atoms with Gasteiger partial charge in [-0.15, -0.1) is 17.9 Å². The Balaban J connectivity index is 1.47. The van der Waals surface area contributed by atoms with Crippen LogP contribution in [0.1, 0.15) is 36.8 Å². The van der Waals surface area contributed by atoms with Gasteiger partial charge in [-0.2, -0.15) is 0 Å². The summed E-state index contributed by atoms with van der Waals surface area (Å²) >= 11 is 2.89. The fourth-order valence-corrected chi connectivity index (χ4v) is 6.14. The maximum absolute atomic E-state index is 13.3. The number of aromatic nitrogens is 2. The molecule has 0 bridgehead atoms. The predicted molar refractivity (Wildman–Crippen MR) is 124 cm³/mol. The van der Waals surface area contributed by atoms with Gasteiger partial charge in [0.05, 0.1) is 10.6 Å². The number of hydrogen-bond donors (Lipinski definition) is 0. The molecule has 5 rings (SSSR count). The van der Waals surface area contributed by atoms with Gasteiger partial charge in [-0.25, -0.2) is 4.98 Å². The average molecular weight is 438 g/mol. The minimum Gasteiger partial charge on any atom is -0.311 e. The second kappa shape index (κ2) is 7.71. The number of anilines is 1. The van der Waals surface area contributed by atoms with Gasteiger partial charge in [-0.05, 0) is 54.7 Å². The number of rotatable bonds is 6. The number of allylic oxidation sites excluding steroid dienone is 1. The number of carbonyl (C=O) groups excluding carboxylic acids is 1. The molecule has 0 radical (unpaired) electrons.